The predicted molar refractivity (Wildman–Crippen MR) is 361 cm³/mol. The van der Waals surface area contributed by atoms with Crippen molar-refractivity contribution in [2.24, 2.45) is 0 Å². The number of allylic oxidation sites excluding steroid dienone is 13. The van der Waals surface area contributed by atoms with Crippen molar-refractivity contribution in [1.29, 1.82) is 0 Å². The zero-order valence-corrected chi connectivity index (χ0v) is 55.4. The van der Waals surface area contributed by atoms with E-state index < -0.39 is 67.4 Å². The second-order valence-electron chi connectivity index (χ2n) is 24.6. The van der Waals surface area contributed by atoms with Crippen molar-refractivity contribution in [2.75, 3.05) is 13.2 Å². The van der Waals surface area contributed by atoms with Crippen LogP contribution >= 0.6 is 0 Å². The normalized spacial score (nSPS) is 18.8. The smallest absolute Gasteiger partial charge is 0.306 e. The summed E-state index contributed by atoms with van der Waals surface area (Å²) < 4.78 is 17.7. The van der Waals surface area contributed by atoms with Crippen LogP contribution in [0.3, 0.4) is 0 Å². The zero-order valence-electron chi connectivity index (χ0n) is 55.4. The number of unbranched alkanes of at least 4 members (excludes halogenated alkanes) is 35. The molecule has 1 aliphatic rings. The third-order valence-electron chi connectivity index (χ3n) is 16.5. The lowest BCUT2D eigenvalue weighted by atomic mass is 9.99. The molecule has 86 heavy (non-hydrogen) atoms. The minimum Gasteiger partial charge on any atom is -0.454 e. The van der Waals surface area contributed by atoms with E-state index in [-0.39, 0.29) is 19.4 Å². The fraction of sp³-hybridized carbons (Fsp3) is 0.787. The van der Waals surface area contributed by atoms with E-state index in [4.69, 9.17) is 14.2 Å². The molecule has 498 valence electrons. The Morgan fingerprint density at radius 3 is 1.22 bits per heavy atom. The van der Waals surface area contributed by atoms with E-state index in [1.54, 1.807) is 6.08 Å². The lowest BCUT2D eigenvalue weighted by molar-refractivity contribution is -0.305. The van der Waals surface area contributed by atoms with Crippen molar-refractivity contribution in [3.8, 4) is 0 Å². The van der Waals surface area contributed by atoms with E-state index in [9.17, 15) is 35.1 Å². The monoisotopic (exact) mass is 1210 g/mol. The Morgan fingerprint density at radius 2 is 0.802 bits per heavy atom. The molecule has 0 aromatic rings. The number of aliphatic hydroxyl groups is 5. The molecule has 0 spiro atoms. The van der Waals surface area contributed by atoms with Gasteiger partial charge < -0.3 is 45.1 Å². The van der Waals surface area contributed by atoms with Gasteiger partial charge in [0.1, 0.15) is 24.4 Å². The lowest BCUT2D eigenvalue weighted by Crippen LogP contribution is -2.61. The van der Waals surface area contributed by atoms with Gasteiger partial charge in [-0.2, -0.15) is 0 Å². The number of ether oxygens (including phenoxy) is 3. The van der Waals surface area contributed by atoms with Crippen LogP contribution in [0.25, 0.3) is 0 Å². The van der Waals surface area contributed by atoms with E-state index in [0.29, 0.717) is 12.8 Å². The predicted octanol–water partition coefficient (Wildman–Crippen LogP) is 18.5. The van der Waals surface area contributed by atoms with Crippen molar-refractivity contribution >= 4 is 11.9 Å². The van der Waals surface area contributed by atoms with Crippen LogP contribution in [0.15, 0.2) is 85.1 Å². The number of carbonyl (C=O) groups excluding carboxylic acids is 2. The maximum atomic E-state index is 13.5. The quantitative estimate of drug-likeness (QED) is 0.0195. The van der Waals surface area contributed by atoms with Gasteiger partial charge in [0.05, 0.1) is 25.4 Å². The Labute approximate surface area is 527 Å². The largest absolute Gasteiger partial charge is 0.454 e. The summed E-state index contributed by atoms with van der Waals surface area (Å²) in [5.41, 5.74) is 0. The van der Waals surface area contributed by atoms with Crippen LogP contribution in [0, 0.1) is 0 Å². The molecule has 11 nitrogen and oxygen atoms in total. The molecule has 0 radical (unpaired) electrons. The Balaban J connectivity index is 2.58. The summed E-state index contributed by atoms with van der Waals surface area (Å²) in [5, 5.41) is 57.3. The van der Waals surface area contributed by atoms with Crippen molar-refractivity contribution in [1.82, 2.24) is 5.32 Å². The van der Waals surface area contributed by atoms with Crippen molar-refractivity contribution in [3.05, 3.63) is 85.1 Å². The van der Waals surface area contributed by atoms with E-state index in [0.717, 1.165) is 103 Å². The van der Waals surface area contributed by atoms with Gasteiger partial charge in [0.15, 0.2) is 12.4 Å². The molecule has 1 fully saturated rings. The topological polar surface area (TPSA) is 175 Å². The van der Waals surface area contributed by atoms with Gasteiger partial charge in [0.2, 0.25) is 5.91 Å². The summed E-state index contributed by atoms with van der Waals surface area (Å²) in [7, 11) is 0. The van der Waals surface area contributed by atoms with Crippen LogP contribution in [0.1, 0.15) is 316 Å². The van der Waals surface area contributed by atoms with Gasteiger partial charge in [-0.3, -0.25) is 9.59 Å². The van der Waals surface area contributed by atoms with Crippen LogP contribution in [-0.4, -0.2) is 99.6 Å². The first kappa shape index (κ1) is 80.9. The van der Waals surface area contributed by atoms with Crippen LogP contribution in [0.5, 0.6) is 0 Å². The molecule has 1 aliphatic heterocycles. The Bertz CT molecular complexity index is 1720. The van der Waals surface area contributed by atoms with Crippen molar-refractivity contribution < 1.29 is 49.3 Å². The van der Waals surface area contributed by atoms with Crippen LogP contribution in [-0.2, 0) is 23.8 Å². The number of rotatable bonds is 61. The molecule has 0 aliphatic carbocycles. The highest BCUT2D eigenvalue weighted by Crippen LogP contribution is 2.26. The van der Waals surface area contributed by atoms with Gasteiger partial charge in [-0.05, 0) is 103 Å². The Kier molecular flexibility index (Phi) is 58.3. The van der Waals surface area contributed by atoms with Gasteiger partial charge in [-0.15, -0.1) is 0 Å². The summed E-state index contributed by atoms with van der Waals surface area (Å²) in [5.74, 6) is -1.20. The number of amides is 1. The lowest BCUT2D eigenvalue weighted by Gasteiger charge is -2.41. The van der Waals surface area contributed by atoms with E-state index in [1.165, 1.54) is 167 Å². The number of aliphatic hydroxyl groups excluding tert-OH is 5. The summed E-state index contributed by atoms with van der Waals surface area (Å²) in [4.78, 5) is 26.7. The average Bonchev–Trinajstić information content (AvgIpc) is 3.68. The molecule has 1 heterocycles. The van der Waals surface area contributed by atoms with Crippen molar-refractivity contribution in [3.63, 3.8) is 0 Å². The first-order valence-electron chi connectivity index (χ1n) is 35.9. The van der Waals surface area contributed by atoms with Crippen LogP contribution < -0.4 is 5.32 Å². The van der Waals surface area contributed by atoms with E-state index in [1.807, 2.05) is 6.08 Å². The maximum absolute atomic E-state index is 13.5. The second kappa shape index (κ2) is 62.1. The number of esters is 1. The van der Waals surface area contributed by atoms with Crippen LogP contribution in [0.4, 0.5) is 0 Å². The first-order valence-corrected chi connectivity index (χ1v) is 35.9. The molecule has 1 saturated heterocycles. The Morgan fingerprint density at radius 1 is 0.453 bits per heavy atom. The fourth-order valence-electron chi connectivity index (χ4n) is 10.8. The number of hydrogen-bond acceptors (Lipinski definition) is 10. The van der Waals surface area contributed by atoms with E-state index in [2.05, 4.69) is 99.0 Å². The average molecular weight is 1210 g/mol. The van der Waals surface area contributed by atoms with Gasteiger partial charge in [-0.1, -0.05) is 292 Å². The minimum atomic E-state index is -1.62. The molecular weight excluding hydrogens is 1070 g/mol. The third kappa shape index (κ3) is 48.7. The highest BCUT2D eigenvalue weighted by Gasteiger charge is 2.47. The van der Waals surface area contributed by atoms with Crippen molar-refractivity contribution in [2.45, 2.75) is 365 Å². The van der Waals surface area contributed by atoms with Crippen LogP contribution in [0.2, 0.25) is 0 Å². The standard InChI is InChI=1S/C75H133NO10/c1-4-7-10-13-16-19-22-25-27-29-31-33-34-35-37-38-40-42-44-47-50-53-56-59-62-68(79)74(83)76-66(67(78)61-58-55-52-49-46-24-21-18-15-12-9-6-3)65-84-75-73(72(82)71(81)69(64-77)85-75)86-70(80)63-60-57-54-51-48-45-43-41-39-36-32-30-28-26-23-20-17-14-11-8-5-2/h16-17,19-20,25-28,31-33,36,58,61,66-69,71-73,75,77-79,81-82H,4-15,18,21-24,29-30,34-35,37-57,59-60,62-65H2,1-3H3,(H,76,83)/b19-16-,20-17-,27-25-,28-26-,33-31-,36-32-,61-58+. The Hall–Kier alpha value is -3.16. The molecule has 1 amide bonds. The maximum Gasteiger partial charge on any atom is 0.306 e. The van der Waals surface area contributed by atoms with Gasteiger partial charge in [0, 0.05) is 6.42 Å². The molecule has 0 saturated carbocycles. The molecular formula is C75H133NO10. The summed E-state index contributed by atoms with van der Waals surface area (Å²) >= 11 is 0. The highest BCUT2D eigenvalue weighted by atomic mass is 16.7. The van der Waals surface area contributed by atoms with Gasteiger partial charge in [-0.25, -0.2) is 0 Å². The third-order valence-corrected chi connectivity index (χ3v) is 16.5. The fourth-order valence-corrected chi connectivity index (χ4v) is 10.8. The van der Waals surface area contributed by atoms with Gasteiger partial charge >= 0.3 is 5.97 Å². The first-order chi connectivity index (χ1) is 42.2. The molecule has 11 heteroatoms. The molecule has 8 unspecified atom stereocenters. The summed E-state index contributed by atoms with van der Waals surface area (Å²) in [6, 6.07) is -1.03. The molecule has 0 bridgehead atoms. The van der Waals surface area contributed by atoms with Gasteiger partial charge in [0.25, 0.3) is 0 Å². The summed E-state index contributed by atoms with van der Waals surface area (Å²) in [6.45, 7) is 5.76. The molecule has 6 N–H and O–H groups in total. The second-order valence-corrected chi connectivity index (χ2v) is 24.6. The molecule has 0 aromatic carbocycles. The van der Waals surface area contributed by atoms with E-state index >= 15 is 0 Å². The molecule has 0 aromatic heterocycles. The number of carbonyl (C=O) groups is 2. The highest BCUT2D eigenvalue weighted by molar-refractivity contribution is 5.80. The zero-order chi connectivity index (χ0) is 62.4. The number of hydrogen-bond donors (Lipinski definition) is 6. The SMILES string of the molecule is CCCCC/C=C\C/C=C\C/C=C\CCCCCCCCCCCCCC(O)C(=O)NC(COC1OC(CO)C(O)C(O)C1OC(=O)CCCCCCCCCC/C=C\C/C=C\C/C=C\CCCCC)C(O)/C=C/CCCCCCCCCCCC. The summed E-state index contributed by atoms with van der Waals surface area (Å²) in [6.07, 6.45) is 71.8. The number of nitrogens with one attached hydrogen (secondary N) is 1. The molecule has 8 atom stereocenters. The molecule has 1 rings (SSSR count). The minimum absolute atomic E-state index is 0.113.